The van der Waals surface area contributed by atoms with Gasteiger partial charge in [0.1, 0.15) is 4.99 Å². The van der Waals surface area contributed by atoms with E-state index in [1.54, 1.807) is 6.20 Å². The second-order valence-electron chi connectivity index (χ2n) is 3.28. The van der Waals surface area contributed by atoms with Crippen LogP contribution in [0.3, 0.4) is 0 Å². The van der Waals surface area contributed by atoms with Crippen molar-refractivity contribution in [2.45, 2.75) is 6.92 Å². The Morgan fingerprint density at radius 2 is 2.27 bits per heavy atom. The number of hydrogen-bond donors (Lipinski definition) is 1. The Morgan fingerprint density at radius 1 is 1.47 bits per heavy atom. The molecule has 2 rings (SSSR count). The molecule has 0 saturated heterocycles. The van der Waals surface area contributed by atoms with Crippen molar-refractivity contribution in [3.8, 4) is 5.69 Å². The molecule has 0 unspecified atom stereocenters. The Hall–Kier alpha value is -1.68. The third kappa shape index (κ3) is 1.89. The van der Waals surface area contributed by atoms with Crippen LogP contribution in [0, 0.1) is 6.92 Å². The quantitative estimate of drug-likeness (QED) is 0.780. The number of aryl methyl sites for hydroxylation is 1. The van der Waals surface area contributed by atoms with Crippen molar-refractivity contribution in [3.05, 3.63) is 48.0 Å². The summed E-state index contributed by atoms with van der Waals surface area (Å²) < 4.78 is 1.96. The molecule has 15 heavy (non-hydrogen) atoms. The van der Waals surface area contributed by atoms with E-state index in [0.717, 1.165) is 17.1 Å². The Bertz CT molecular complexity index is 502. The van der Waals surface area contributed by atoms with Crippen LogP contribution in [0.5, 0.6) is 0 Å². The van der Waals surface area contributed by atoms with Crippen molar-refractivity contribution in [3.63, 3.8) is 0 Å². The summed E-state index contributed by atoms with van der Waals surface area (Å²) in [5, 5.41) is 0. The second kappa shape index (κ2) is 3.82. The standard InChI is InChI=1S/C11H11N3S/c1-8-7-9(4-5-13-8)14-6-2-3-10(14)11(12)15/h2-7H,1H3,(H2,12,15). The van der Waals surface area contributed by atoms with Gasteiger partial charge in [-0.15, -0.1) is 0 Å². The van der Waals surface area contributed by atoms with Gasteiger partial charge in [-0.1, -0.05) is 12.2 Å². The highest BCUT2D eigenvalue weighted by atomic mass is 32.1. The molecule has 2 N–H and O–H groups in total. The third-order valence-electron chi connectivity index (χ3n) is 2.16. The van der Waals surface area contributed by atoms with Crippen molar-refractivity contribution in [1.82, 2.24) is 9.55 Å². The summed E-state index contributed by atoms with van der Waals surface area (Å²) in [6, 6.07) is 7.74. The SMILES string of the molecule is Cc1cc(-n2cccc2C(N)=S)ccn1. The summed E-state index contributed by atoms with van der Waals surface area (Å²) in [6.45, 7) is 1.95. The first-order valence-electron chi connectivity index (χ1n) is 4.58. The van der Waals surface area contributed by atoms with Gasteiger partial charge in [-0.05, 0) is 31.2 Å². The van der Waals surface area contributed by atoms with Crippen LogP contribution in [-0.2, 0) is 0 Å². The molecule has 76 valence electrons. The van der Waals surface area contributed by atoms with E-state index in [1.165, 1.54) is 0 Å². The van der Waals surface area contributed by atoms with Crippen LogP contribution in [0.1, 0.15) is 11.4 Å². The maximum absolute atomic E-state index is 5.63. The van der Waals surface area contributed by atoms with Crippen molar-refractivity contribution in [1.29, 1.82) is 0 Å². The Labute approximate surface area is 93.6 Å². The van der Waals surface area contributed by atoms with Gasteiger partial charge in [0.2, 0.25) is 0 Å². The largest absolute Gasteiger partial charge is 0.388 e. The molecule has 4 heteroatoms. The minimum Gasteiger partial charge on any atom is -0.388 e. The summed E-state index contributed by atoms with van der Waals surface area (Å²) in [7, 11) is 0. The van der Waals surface area contributed by atoms with E-state index in [0.29, 0.717) is 4.99 Å². The van der Waals surface area contributed by atoms with Crippen molar-refractivity contribution < 1.29 is 0 Å². The minimum absolute atomic E-state index is 0.398. The molecule has 2 heterocycles. The molecule has 0 fully saturated rings. The van der Waals surface area contributed by atoms with Gasteiger partial charge >= 0.3 is 0 Å². The number of hydrogen-bond acceptors (Lipinski definition) is 2. The zero-order valence-corrected chi connectivity index (χ0v) is 9.16. The normalized spacial score (nSPS) is 10.2. The first-order valence-corrected chi connectivity index (χ1v) is 4.99. The number of nitrogens with zero attached hydrogens (tertiary/aromatic N) is 2. The van der Waals surface area contributed by atoms with Gasteiger partial charge in [0, 0.05) is 23.8 Å². The minimum atomic E-state index is 0.398. The number of nitrogens with two attached hydrogens (primary N) is 1. The average Bonchev–Trinajstić information content (AvgIpc) is 2.65. The Balaban J connectivity index is 2.54. The molecular weight excluding hydrogens is 206 g/mol. The molecule has 2 aromatic heterocycles. The van der Waals surface area contributed by atoms with Crippen molar-refractivity contribution in [2.75, 3.05) is 0 Å². The van der Waals surface area contributed by atoms with Crippen LogP contribution in [0.25, 0.3) is 5.69 Å². The van der Waals surface area contributed by atoms with E-state index in [9.17, 15) is 0 Å². The molecule has 2 aromatic rings. The Morgan fingerprint density at radius 3 is 2.93 bits per heavy atom. The van der Waals surface area contributed by atoms with E-state index in [2.05, 4.69) is 4.98 Å². The topological polar surface area (TPSA) is 43.8 Å². The lowest BCUT2D eigenvalue weighted by molar-refractivity contribution is 1.04. The molecule has 0 aliphatic carbocycles. The summed E-state index contributed by atoms with van der Waals surface area (Å²) >= 11 is 4.98. The van der Waals surface area contributed by atoms with Gasteiger partial charge < -0.3 is 10.3 Å². The van der Waals surface area contributed by atoms with E-state index in [4.69, 9.17) is 18.0 Å². The van der Waals surface area contributed by atoms with Gasteiger partial charge in [0.25, 0.3) is 0 Å². The number of aromatic nitrogens is 2. The van der Waals surface area contributed by atoms with Crippen LogP contribution in [0.15, 0.2) is 36.7 Å². The zero-order valence-electron chi connectivity index (χ0n) is 8.34. The number of thiocarbonyl (C=S) groups is 1. The van der Waals surface area contributed by atoms with Gasteiger partial charge in [-0.25, -0.2) is 0 Å². The van der Waals surface area contributed by atoms with E-state index >= 15 is 0 Å². The Kier molecular flexibility index (Phi) is 2.51. The lowest BCUT2D eigenvalue weighted by atomic mass is 10.3. The van der Waals surface area contributed by atoms with Gasteiger partial charge in [0.05, 0.1) is 5.69 Å². The highest BCUT2D eigenvalue weighted by molar-refractivity contribution is 7.80. The molecular formula is C11H11N3S. The lowest BCUT2D eigenvalue weighted by Crippen LogP contribution is -2.14. The molecule has 0 bridgehead atoms. The van der Waals surface area contributed by atoms with Crippen LogP contribution < -0.4 is 5.73 Å². The van der Waals surface area contributed by atoms with Crippen LogP contribution >= 0.6 is 12.2 Å². The predicted molar refractivity (Wildman–Crippen MR) is 64.2 cm³/mol. The summed E-state index contributed by atoms with van der Waals surface area (Å²) in [5.41, 5.74) is 8.46. The van der Waals surface area contributed by atoms with Gasteiger partial charge in [-0.2, -0.15) is 0 Å². The molecule has 0 amide bonds. The molecule has 0 aliphatic rings. The lowest BCUT2D eigenvalue weighted by Gasteiger charge is -2.08. The highest BCUT2D eigenvalue weighted by Crippen LogP contribution is 2.12. The fourth-order valence-electron chi connectivity index (χ4n) is 1.49. The fourth-order valence-corrected chi connectivity index (χ4v) is 1.65. The first-order chi connectivity index (χ1) is 7.18. The molecule has 0 saturated carbocycles. The molecule has 0 aromatic carbocycles. The monoisotopic (exact) mass is 217 g/mol. The molecule has 3 nitrogen and oxygen atoms in total. The molecule has 0 aliphatic heterocycles. The first kappa shape index (κ1) is 9.86. The third-order valence-corrected chi connectivity index (χ3v) is 2.37. The molecule has 0 spiro atoms. The van der Waals surface area contributed by atoms with Crippen LogP contribution in [-0.4, -0.2) is 14.5 Å². The molecule has 0 radical (unpaired) electrons. The van der Waals surface area contributed by atoms with E-state index in [-0.39, 0.29) is 0 Å². The number of pyridine rings is 1. The summed E-state index contributed by atoms with van der Waals surface area (Å²) in [4.78, 5) is 4.54. The predicted octanol–water partition coefficient (Wildman–Crippen LogP) is 1.81. The summed E-state index contributed by atoms with van der Waals surface area (Å²) in [5.74, 6) is 0. The van der Waals surface area contributed by atoms with Crippen LogP contribution in [0.2, 0.25) is 0 Å². The maximum atomic E-state index is 5.63. The van der Waals surface area contributed by atoms with Crippen molar-refractivity contribution >= 4 is 17.2 Å². The smallest absolute Gasteiger partial charge is 0.121 e. The van der Waals surface area contributed by atoms with Gasteiger partial charge in [0.15, 0.2) is 0 Å². The second-order valence-corrected chi connectivity index (χ2v) is 3.72. The van der Waals surface area contributed by atoms with Crippen LogP contribution in [0.4, 0.5) is 0 Å². The number of rotatable bonds is 2. The van der Waals surface area contributed by atoms with Gasteiger partial charge in [-0.3, -0.25) is 4.98 Å². The zero-order chi connectivity index (χ0) is 10.8. The molecule has 0 atom stereocenters. The maximum Gasteiger partial charge on any atom is 0.121 e. The van der Waals surface area contributed by atoms with Crippen molar-refractivity contribution in [2.24, 2.45) is 5.73 Å². The average molecular weight is 217 g/mol. The van der Waals surface area contributed by atoms with E-state index in [1.807, 2.05) is 42.0 Å². The highest BCUT2D eigenvalue weighted by Gasteiger charge is 2.05. The fraction of sp³-hybridized carbons (Fsp3) is 0.0909. The summed E-state index contributed by atoms with van der Waals surface area (Å²) in [6.07, 6.45) is 3.71. The van der Waals surface area contributed by atoms with E-state index < -0.39 is 0 Å².